The van der Waals surface area contributed by atoms with Crippen LogP contribution in [0.25, 0.3) is 0 Å². The average Bonchev–Trinajstić information content (AvgIpc) is 2.12. The summed E-state index contributed by atoms with van der Waals surface area (Å²) in [5.41, 5.74) is 0. The fourth-order valence-electron chi connectivity index (χ4n) is 1.09. The van der Waals surface area contributed by atoms with Gasteiger partial charge in [-0.1, -0.05) is 13.3 Å². The summed E-state index contributed by atoms with van der Waals surface area (Å²) < 4.78 is 40.6. The Balaban J connectivity index is 4.66. The molecular weight excluding hydrogens is 213 g/mol. The Labute approximate surface area is 85.6 Å². The molecule has 0 aliphatic carbocycles. The van der Waals surface area contributed by atoms with Crippen LogP contribution in [0.3, 0.4) is 0 Å². The zero-order valence-electron chi connectivity index (χ0n) is 8.56. The van der Waals surface area contributed by atoms with Crippen LogP contribution in [0, 0.1) is 5.92 Å². The van der Waals surface area contributed by atoms with E-state index in [1.807, 2.05) is 0 Å². The van der Waals surface area contributed by atoms with Gasteiger partial charge in [0.05, 0.1) is 6.61 Å². The van der Waals surface area contributed by atoms with E-state index in [0.29, 0.717) is 6.42 Å². The monoisotopic (exact) mass is 226 g/mol. The third-order valence-electron chi connectivity index (χ3n) is 1.74. The SMILES string of the molecule is CCCC(C(=O)OCC)C(=O)C(F)(F)F. The van der Waals surface area contributed by atoms with E-state index in [1.165, 1.54) is 6.92 Å². The Morgan fingerprint density at radius 1 is 1.27 bits per heavy atom. The molecule has 1 atom stereocenters. The van der Waals surface area contributed by atoms with E-state index in [4.69, 9.17) is 0 Å². The maximum atomic E-state index is 12.1. The predicted molar refractivity (Wildman–Crippen MR) is 46.1 cm³/mol. The third kappa shape index (κ3) is 4.31. The average molecular weight is 226 g/mol. The zero-order chi connectivity index (χ0) is 12.1. The topological polar surface area (TPSA) is 43.4 Å². The van der Waals surface area contributed by atoms with Gasteiger partial charge in [0.25, 0.3) is 0 Å². The number of ether oxygens (including phenoxy) is 1. The van der Waals surface area contributed by atoms with Crippen molar-refractivity contribution in [3.8, 4) is 0 Å². The molecule has 0 bridgehead atoms. The number of alkyl halides is 3. The van der Waals surface area contributed by atoms with Gasteiger partial charge in [0.2, 0.25) is 5.78 Å². The molecule has 0 rings (SSSR count). The van der Waals surface area contributed by atoms with Crippen molar-refractivity contribution >= 4 is 11.8 Å². The number of carbonyl (C=O) groups excluding carboxylic acids is 2. The lowest BCUT2D eigenvalue weighted by Gasteiger charge is -2.14. The van der Waals surface area contributed by atoms with Gasteiger partial charge in [-0.25, -0.2) is 0 Å². The highest BCUT2D eigenvalue weighted by atomic mass is 19.4. The van der Waals surface area contributed by atoms with Crippen LogP contribution in [0.1, 0.15) is 26.7 Å². The Hall–Kier alpha value is -1.07. The van der Waals surface area contributed by atoms with Gasteiger partial charge in [-0.3, -0.25) is 9.59 Å². The van der Waals surface area contributed by atoms with Crippen molar-refractivity contribution < 1.29 is 27.5 Å². The lowest BCUT2D eigenvalue weighted by atomic mass is 9.98. The Morgan fingerprint density at radius 3 is 2.13 bits per heavy atom. The normalized spacial score (nSPS) is 13.4. The first-order valence-corrected chi connectivity index (χ1v) is 4.62. The van der Waals surface area contributed by atoms with Gasteiger partial charge in [-0.05, 0) is 13.3 Å². The van der Waals surface area contributed by atoms with Gasteiger partial charge in [-0.2, -0.15) is 13.2 Å². The number of ketones is 1. The summed E-state index contributed by atoms with van der Waals surface area (Å²) in [6.45, 7) is 3.03. The first-order chi connectivity index (χ1) is 6.84. The molecule has 15 heavy (non-hydrogen) atoms. The second-order valence-corrected chi connectivity index (χ2v) is 2.96. The van der Waals surface area contributed by atoms with Crippen LogP contribution in [0.2, 0.25) is 0 Å². The smallest absolute Gasteiger partial charge is 0.450 e. The summed E-state index contributed by atoms with van der Waals surface area (Å²) in [5.74, 6) is -4.83. The number of hydrogen-bond acceptors (Lipinski definition) is 3. The second kappa shape index (κ2) is 5.72. The maximum Gasteiger partial charge on any atom is 0.450 e. The van der Waals surface area contributed by atoms with Gasteiger partial charge in [0.1, 0.15) is 5.92 Å². The summed E-state index contributed by atoms with van der Waals surface area (Å²) in [5, 5.41) is 0. The first kappa shape index (κ1) is 13.9. The number of halogens is 3. The van der Waals surface area contributed by atoms with Crippen LogP contribution in [-0.2, 0) is 14.3 Å². The molecule has 0 aliphatic rings. The second-order valence-electron chi connectivity index (χ2n) is 2.96. The number of rotatable bonds is 5. The van der Waals surface area contributed by atoms with Crippen molar-refractivity contribution in [3.63, 3.8) is 0 Å². The maximum absolute atomic E-state index is 12.1. The summed E-state index contributed by atoms with van der Waals surface area (Å²) in [6, 6.07) is 0. The van der Waals surface area contributed by atoms with Gasteiger partial charge in [0, 0.05) is 0 Å². The number of hydrogen-bond donors (Lipinski definition) is 0. The Morgan fingerprint density at radius 2 is 1.80 bits per heavy atom. The van der Waals surface area contributed by atoms with E-state index in [2.05, 4.69) is 4.74 Å². The van der Waals surface area contributed by atoms with E-state index in [-0.39, 0.29) is 13.0 Å². The Kier molecular flexibility index (Phi) is 5.32. The lowest BCUT2D eigenvalue weighted by molar-refractivity contribution is -0.181. The highest BCUT2D eigenvalue weighted by Crippen LogP contribution is 2.24. The molecule has 3 nitrogen and oxygen atoms in total. The van der Waals surface area contributed by atoms with Crippen molar-refractivity contribution in [1.29, 1.82) is 0 Å². The molecule has 0 aromatic rings. The predicted octanol–water partition coefficient (Wildman–Crippen LogP) is 2.10. The molecule has 88 valence electrons. The van der Waals surface area contributed by atoms with Crippen LogP contribution < -0.4 is 0 Å². The summed E-state index contributed by atoms with van der Waals surface area (Å²) >= 11 is 0. The lowest BCUT2D eigenvalue weighted by Crippen LogP contribution is -2.36. The number of esters is 1. The minimum absolute atomic E-state index is 0.0375. The summed E-state index contributed by atoms with van der Waals surface area (Å²) in [7, 11) is 0. The molecule has 0 N–H and O–H groups in total. The van der Waals surface area contributed by atoms with Crippen LogP contribution in [0.15, 0.2) is 0 Å². The molecule has 0 fully saturated rings. The fraction of sp³-hybridized carbons (Fsp3) is 0.778. The van der Waals surface area contributed by atoms with Crippen LogP contribution in [0.5, 0.6) is 0 Å². The molecule has 0 saturated heterocycles. The fourth-order valence-corrected chi connectivity index (χ4v) is 1.09. The molecule has 0 radical (unpaired) electrons. The van der Waals surface area contributed by atoms with E-state index in [0.717, 1.165) is 0 Å². The highest BCUT2D eigenvalue weighted by molar-refractivity contribution is 6.01. The minimum Gasteiger partial charge on any atom is -0.465 e. The largest absolute Gasteiger partial charge is 0.465 e. The zero-order valence-corrected chi connectivity index (χ0v) is 8.56. The summed E-state index contributed by atoms with van der Waals surface area (Å²) in [6.07, 6.45) is -4.81. The van der Waals surface area contributed by atoms with Gasteiger partial charge < -0.3 is 4.74 Å². The van der Waals surface area contributed by atoms with Crippen LogP contribution >= 0.6 is 0 Å². The third-order valence-corrected chi connectivity index (χ3v) is 1.74. The van der Waals surface area contributed by atoms with Crippen molar-refractivity contribution in [1.82, 2.24) is 0 Å². The molecule has 0 spiro atoms. The number of Topliss-reactive ketones (excluding diaryl/α,β-unsaturated/α-hetero) is 1. The first-order valence-electron chi connectivity index (χ1n) is 4.62. The van der Waals surface area contributed by atoms with Crippen molar-refractivity contribution in [3.05, 3.63) is 0 Å². The summed E-state index contributed by atoms with van der Waals surface area (Å²) in [4.78, 5) is 21.9. The minimum atomic E-state index is -4.98. The van der Waals surface area contributed by atoms with Crippen molar-refractivity contribution in [2.45, 2.75) is 32.9 Å². The van der Waals surface area contributed by atoms with E-state index in [1.54, 1.807) is 6.92 Å². The molecule has 0 aromatic carbocycles. The van der Waals surface area contributed by atoms with Gasteiger partial charge >= 0.3 is 12.1 Å². The van der Waals surface area contributed by atoms with E-state index < -0.39 is 23.8 Å². The number of carbonyl (C=O) groups is 2. The molecule has 0 heterocycles. The van der Waals surface area contributed by atoms with Crippen molar-refractivity contribution in [2.75, 3.05) is 6.61 Å². The standard InChI is InChI=1S/C9H13F3O3/c1-3-5-6(8(14)15-4-2)7(13)9(10,11)12/h6H,3-5H2,1-2H3. The molecule has 0 aromatic heterocycles. The van der Waals surface area contributed by atoms with Crippen LogP contribution in [-0.4, -0.2) is 24.5 Å². The van der Waals surface area contributed by atoms with E-state index >= 15 is 0 Å². The van der Waals surface area contributed by atoms with Gasteiger partial charge in [0.15, 0.2) is 0 Å². The highest BCUT2D eigenvalue weighted by Gasteiger charge is 2.46. The molecule has 6 heteroatoms. The van der Waals surface area contributed by atoms with Gasteiger partial charge in [-0.15, -0.1) is 0 Å². The quantitative estimate of drug-likeness (QED) is 0.532. The molecular formula is C9H13F3O3. The molecule has 0 aliphatic heterocycles. The molecule has 1 unspecified atom stereocenters. The molecule has 0 amide bonds. The Bertz CT molecular complexity index is 235. The van der Waals surface area contributed by atoms with E-state index in [9.17, 15) is 22.8 Å². The molecule has 0 saturated carbocycles. The van der Waals surface area contributed by atoms with Crippen molar-refractivity contribution in [2.24, 2.45) is 5.92 Å². The van der Waals surface area contributed by atoms with Crippen LogP contribution in [0.4, 0.5) is 13.2 Å².